The third kappa shape index (κ3) is 6.14. The maximum Gasteiger partial charge on any atom is 0.387 e. The van der Waals surface area contributed by atoms with Gasteiger partial charge in [-0.3, -0.25) is 0 Å². The molecule has 0 radical (unpaired) electrons. The van der Waals surface area contributed by atoms with Crippen molar-refractivity contribution in [3.8, 4) is 11.5 Å². The summed E-state index contributed by atoms with van der Waals surface area (Å²) < 4.78 is 47.4. The predicted octanol–water partition coefficient (Wildman–Crippen LogP) is 4.75. The van der Waals surface area contributed by atoms with Gasteiger partial charge < -0.3 is 15.2 Å². The lowest BCUT2D eigenvalue weighted by molar-refractivity contribution is -0.0523. The van der Waals surface area contributed by atoms with Crippen LogP contribution in [-0.4, -0.2) is 12.7 Å². The molecule has 6 heteroatoms. The molecule has 0 aliphatic heterocycles. The van der Waals surface area contributed by atoms with Gasteiger partial charge in [0.1, 0.15) is 5.75 Å². The lowest BCUT2D eigenvalue weighted by Gasteiger charge is -2.17. The van der Waals surface area contributed by atoms with Gasteiger partial charge in [-0.1, -0.05) is 26.2 Å². The van der Waals surface area contributed by atoms with Crippen LogP contribution in [0.5, 0.6) is 11.5 Å². The molecule has 1 rings (SSSR count). The van der Waals surface area contributed by atoms with Crippen molar-refractivity contribution in [3.63, 3.8) is 0 Å². The number of hydrogen-bond acceptors (Lipinski definition) is 3. The number of rotatable bonds is 9. The fourth-order valence-electron chi connectivity index (χ4n) is 1.97. The SMILES string of the molecule is CCCCCCC(C)Oc1cc(OC(F)F)c(F)cc1N. The number of unbranched alkanes of at least 4 members (excludes halogenated alkanes) is 3. The summed E-state index contributed by atoms with van der Waals surface area (Å²) in [5, 5.41) is 0. The molecule has 0 aliphatic carbocycles. The van der Waals surface area contributed by atoms with Gasteiger partial charge in [0.15, 0.2) is 11.6 Å². The highest BCUT2D eigenvalue weighted by atomic mass is 19.3. The van der Waals surface area contributed by atoms with Gasteiger partial charge in [-0.05, 0) is 19.8 Å². The van der Waals surface area contributed by atoms with Crippen LogP contribution in [0.1, 0.15) is 46.0 Å². The highest BCUT2D eigenvalue weighted by Gasteiger charge is 2.15. The summed E-state index contributed by atoms with van der Waals surface area (Å²) in [6, 6.07) is 2.00. The minimum atomic E-state index is -3.09. The Hall–Kier alpha value is -1.59. The molecule has 21 heavy (non-hydrogen) atoms. The number of benzene rings is 1. The monoisotopic (exact) mass is 305 g/mol. The van der Waals surface area contributed by atoms with Crippen molar-refractivity contribution in [1.29, 1.82) is 0 Å². The van der Waals surface area contributed by atoms with E-state index in [2.05, 4.69) is 11.7 Å². The molecule has 2 N–H and O–H groups in total. The zero-order valence-electron chi connectivity index (χ0n) is 12.4. The van der Waals surface area contributed by atoms with Gasteiger partial charge in [0.25, 0.3) is 0 Å². The van der Waals surface area contributed by atoms with Crippen molar-refractivity contribution in [2.24, 2.45) is 0 Å². The third-order valence-corrected chi connectivity index (χ3v) is 3.07. The number of nitrogen functional groups attached to an aromatic ring is 1. The molecule has 0 aliphatic rings. The molecule has 1 aromatic carbocycles. The van der Waals surface area contributed by atoms with Crippen LogP contribution in [0, 0.1) is 5.82 Å². The number of ether oxygens (including phenoxy) is 2. The summed E-state index contributed by atoms with van der Waals surface area (Å²) in [6.07, 6.45) is 5.13. The van der Waals surface area contributed by atoms with Gasteiger partial charge in [0.05, 0.1) is 11.8 Å². The molecule has 0 fully saturated rings. The van der Waals surface area contributed by atoms with Crippen LogP contribution in [0.3, 0.4) is 0 Å². The Morgan fingerprint density at radius 2 is 1.81 bits per heavy atom. The van der Waals surface area contributed by atoms with E-state index in [0.29, 0.717) is 0 Å². The second-order valence-corrected chi connectivity index (χ2v) is 4.98. The predicted molar refractivity (Wildman–Crippen MR) is 76.3 cm³/mol. The summed E-state index contributed by atoms with van der Waals surface area (Å²) in [6.45, 7) is 0.897. The van der Waals surface area contributed by atoms with Crippen molar-refractivity contribution in [2.75, 3.05) is 5.73 Å². The third-order valence-electron chi connectivity index (χ3n) is 3.07. The van der Waals surface area contributed by atoms with Gasteiger partial charge in [0.2, 0.25) is 0 Å². The van der Waals surface area contributed by atoms with Crippen molar-refractivity contribution >= 4 is 5.69 Å². The van der Waals surface area contributed by atoms with Gasteiger partial charge in [-0.15, -0.1) is 0 Å². The smallest absolute Gasteiger partial charge is 0.387 e. The largest absolute Gasteiger partial charge is 0.488 e. The van der Waals surface area contributed by atoms with E-state index in [-0.39, 0.29) is 17.5 Å². The Labute approximate surface area is 123 Å². The van der Waals surface area contributed by atoms with Crippen LogP contribution in [0.25, 0.3) is 0 Å². The minimum Gasteiger partial charge on any atom is -0.488 e. The van der Waals surface area contributed by atoms with E-state index in [1.54, 1.807) is 0 Å². The number of alkyl halides is 2. The van der Waals surface area contributed by atoms with Crippen molar-refractivity contribution in [3.05, 3.63) is 17.9 Å². The summed E-state index contributed by atoms with van der Waals surface area (Å²) >= 11 is 0. The van der Waals surface area contributed by atoms with Crippen LogP contribution < -0.4 is 15.2 Å². The Morgan fingerprint density at radius 3 is 2.43 bits per heavy atom. The van der Waals surface area contributed by atoms with Crippen molar-refractivity contribution in [2.45, 2.75) is 58.7 Å². The lowest BCUT2D eigenvalue weighted by atomic mass is 10.1. The molecule has 0 heterocycles. The topological polar surface area (TPSA) is 44.5 Å². The molecular weight excluding hydrogens is 283 g/mol. The summed E-state index contributed by atoms with van der Waals surface area (Å²) in [5.41, 5.74) is 5.70. The molecule has 1 atom stereocenters. The second-order valence-electron chi connectivity index (χ2n) is 4.98. The fraction of sp³-hybridized carbons (Fsp3) is 0.600. The molecule has 0 spiro atoms. The van der Waals surface area contributed by atoms with Crippen LogP contribution in [0.2, 0.25) is 0 Å². The average Bonchev–Trinajstić information content (AvgIpc) is 2.40. The minimum absolute atomic E-state index is 0.0644. The Morgan fingerprint density at radius 1 is 1.10 bits per heavy atom. The maximum atomic E-state index is 13.4. The molecule has 0 saturated heterocycles. The highest BCUT2D eigenvalue weighted by Crippen LogP contribution is 2.32. The van der Waals surface area contributed by atoms with Gasteiger partial charge in [0, 0.05) is 12.1 Å². The molecule has 0 amide bonds. The van der Waals surface area contributed by atoms with E-state index in [1.807, 2.05) is 6.92 Å². The van der Waals surface area contributed by atoms with Crippen molar-refractivity contribution in [1.82, 2.24) is 0 Å². The van der Waals surface area contributed by atoms with E-state index in [1.165, 1.54) is 0 Å². The van der Waals surface area contributed by atoms with Crippen LogP contribution in [0.15, 0.2) is 12.1 Å². The van der Waals surface area contributed by atoms with E-state index < -0.39 is 18.2 Å². The summed E-state index contributed by atoms with van der Waals surface area (Å²) in [7, 11) is 0. The Balaban J connectivity index is 2.64. The lowest BCUT2D eigenvalue weighted by Crippen LogP contribution is -2.13. The Bertz CT molecular complexity index is 441. The number of hydrogen-bond donors (Lipinski definition) is 1. The molecule has 3 nitrogen and oxygen atoms in total. The van der Waals surface area contributed by atoms with Gasteiger partial charge in [-0.25, -0.2) is 4.39 Å². The zero-order valence-corrected chi connectivity index (χ0v) is 12.4. The van der Waals surface area contributed by atoms with E-state index >= 15 is 0 Å². The first-order valence-corrected chi connectivity index (χ1v) is 7.14. The number of anilines is 1. The number of halogens is 3. The first-order chi connectivity index (χ1) is 9.93. The van der Waals surface area contributed by atoms with Crippen LogP contribution in [0.4, 0.5) is 18.9 Å². The van der Waals surface area contributed by atoms with Gasteiger partial charge in [-0.2, -0.15) is 8.78 Å². The van der Waals surface area contributed by atoms with E-state index in [9.17, 15) is 13.2 Å². The van der Waals surface area contributed by atoms with Gasteiger partial charge >= 0.3 is 6.61 Å². The van der Waals surface area contributed by atoms with Crippen molar-refractivity contribution < 1.29 is 22.6 Å². The molecular formula is C15H22F3NO2. The first kappa shape index (κ1) is 17.5. The van der Waals surface area contributed by atoms with Crippen LogP contribution >= 0.6 is 0 Å². The summed E-state index contributed by atoms with van der Waals surface area (Å²) in [4.78, 5) is 0. The maximum absolute atomic E-state index is 13.4. The highest BCUT2D eigenvalue weighted by molar-refractivity contribution is 5.56. The number of nitrogens with two attached hydrogens (primary N) is 1. The fourth-order valence-corrected chi connectivity index (χ4v) is 1.97. The molecule has 1 unspecified atom stereocenters. The molecule has 0 aromatic heterocycles. The van der Waals surface area contributed by atoms with Crippen LogP contribution in [-0.2, 0) is 0 Å². The molecule has 1 aromatic rings. The Kier molecular flexibility index (Phi) is 7.19. The standard InChI is InChI=1S/C15H22F3NO2/c1-3-4-5-6-7-10(2)20-14-9-13(21-15(17)18)11(16)8-12(14)19/h8-10,15H,3-7,19H2,1-2H3. The molecule has 120 valence electrons. The quantitative estimate of drug-likeness (QED) is 0.529. The van der Waals surface area contributed by atoms with E-state index in [0.717, 1.165) is 44.2 Å². The van der Waals surface area contributed by atoms with E-state index in [4.69, 9.17) is 10.5 Å². The normalized spacial score (nSPS) is 12.5. The first-order valence-electron chi connectivity index (χ1n) is 7.14. The summed E-state index contributed by atoms with van der Waals surface area (Å²) in [5.74, 6) is -1.34. The molecule has 0 bridgehead atoms. The molecule has 0 saturated carbocycles. The average molecular weight is 305 g/mol. The second kappa shape index (κ2) is 8.64. The zero-order chi connectivity index (χ0) is 15.8.